The van der Waals surface area contributed by atoms with E-state index in [0.29, 0.717) is 13.2 Å². The van der Waals surface area contributed by atoms with Crippen LogP contribution in [0.3, 0.4) is 0 Å². The van der Waals surface area contributed by atoms with Crippen molar-refractivity contribution >= 4 is 11.0 Å². The van der Waals surface area contributed by atoms with Gasteiger partial charge in [-0.15, -0.1) is 0 Å². The first-order valence-corrected chi connectivity index (χ1v) is 7.23. The van der Waals surface area contributed by atoms with Crippen LogP contribution in [0.2, 0.25) is 0 Å². The molecule has 1 fully saturated rings. The summed E-state index contributed by atoms with van der Waals surface area (Å²) in [7, 11) is 0. The van der Waals surface area contributed by atoms with Gasteiger partial charge in [0.25, 0.3) is 0 Å². The number of ether oxygens (including phenoxy) is 2. The smallest absolute Gasteiger partial charge is 0.159 e. The maximum atomic E-state index is 5.97. The van der Waals surface area contributed by atoms with Gasteiger partial charge in [0.2, 0.25) is 0 Å². The Morgan fingerprint density at radius 1 is 1.25 bits per heavy atom. The number of nitrogens with one attached hydrogen (secondary N) is 1. The van der Waals surface area contributed by atoms with Crippen LogP contribution in [-0.2, 0) is 9.47 Å². The van der Waals surface area contributed by atoms with Gasteiger partial charge in [-0.05, 0) is 31.7 Å². The summed E-state index contributed by atoms with van der Waals surface area (Å²) < 4.78 is 17.1. The van der Waals surface area contributed by atoms with Crippen molar-refractivity contribution in [2.75, 3.05) is 19.8 Å². The van der Waals surface area contributed by atoms with Crippen LogP contribution < -0.4 is 5.32 Å². The molecule has 1 atom stereocenters. The molecule has 4 nitrogen and oxygen atoms in total. The highest BCUT2D eigenvalue weighted by atomic mass is 16.7. The molecule has 3 rings (SSSR count). The van der Waals surface area contributed by atoms with E-state index in [4.69, 9.17) is 13.9 Å². The Labute approximate surface area is 119 Å². The third-order valence-electron chi connectivity index (χ3n) is 3.60. The van der Waals surface area contributed by atoms with E-state index < -0.39 is 0 Å². The van der Waals surface area contributed by atoms with Gasteiger partial charge in [0.1, 0.15) is 11.3 Å². The molecule has 1 aromatic heterocycles. The molecule has 0 saturated carbocycles. The highest BCUT2D eigenvalue weighted by molar-refractivity contribution is 5.78. The van der Waals surface area contributed by atoms with E-state index >= 15 is 0 Å². The predicted molar refractivity (Wildman–Crippen MR) is 77.7 cm³/mol. The third kappa shape index (κ3) is 2.87. The Kier molecular flexibility index (Phi) is 4.05. The molecule has 1 aliphatic heterocycles. The molecule has 2 heterocycles. The van der Waals surface area contributed by atoms with Crippen molar-refractivity contribution in [3.63, 3.8) is 0 Å². The first-order valence-electron chi connectivity index (χ1n) is 7.23. The maximum Gasteiger partial charge on any atom is 0.159 e. The Balaban J connectivity index is 1.83. The van der Waals surface area contributed by atoms with Gasteiger partial charge in [-0.1, -0.05) is 18.6 Å². The van der Waals surface area contributed by atoms with Crippen molar-refractivity contribution in [2.45, 2.75) is 32.6 Å². The Morgan fingerprint density at radius 2 is 2.05 bits per heavy atom. The van der Waals surface area contributed by atoms with Crippen molar-refractivity contribution in [2.24, 2.45) is 0 Å². The summed E-state index contributed by atoms with van der Waals surface area (Å²) in [6.07, 6.45) is 0.640. The van der Waals surface area contributed by atoms with E-state index in [1.807, 2.05) is 6.07 Å². The molecule has 1 aliphatic rings. The van der Waals surface area contributed by atoms with Gasteiger partial charge in [0.05, 0.1) is 19.3 Å². The summed E-state index contributed by atoms with van der Waals surface area (Å²) >= 11 is 0. The average molecular weight is 275 g/mol. The van der Waals surface area contributed by atoms with E-state index in [-0.39, 0.29) is 12.3 Å². The zero-order valence-electron chi connectivity index (χ0n) is 12.0. The van der Waals surface area contributed by atoms with Crippen molar-refractivity contribution in [1.29, 1.82) is 0 Å². The van der Waals surface area contributed by atoms with Gasteiger partial charge in [-0.3, -0.25) is 0 Å². The molecule has 2 aromatic rings. The van der Waals surface area contributed by atoms with Crippen molar-refractivity contribution in [3.05, 3.63) is 35.6 Å². The lowest BCUT2D eigenvalue weighted by molar-refractivity contribution is -0.0540. The summed E-state index contributed by atoms with van der Waals surface area (Å²) in [6, 6.07) is 8.48. The molecule has 4 heteroatoms. The highest BCUT2D eigenvalue weighted by Crippen LogP contribution is 2.28. The second-order valence-electron chi connectivity index (χ2n) is 5.21. The lowest BCUT2D eigenvalue weighted by Gasteiger charge is -2.18. The second-order valence-corrected chi connectivity index (χ2v) is 5.21. The molecule has 0 spiro atoms. The second kappa shape index (κ2) is 5.95. The molecule has 20 heavy (non-hydrogen) atoms. The number of furan rings is 1. The molecular formula is C16H21NO3. The number of hydrogen-bond donors (Lipinski definition) is 1. The molecule has 1 N–H and O–H groups in total. The Hall–Kier alpha value is -1.36. The molecule has 108 valence electrons. The predicted octanol–water partition coefficient (Wildman–Crippen LogP) is 3.15. The van der Waals surface area contributed by atoms with Crippen molar-refractivity contribution in [1.82, 2.24) is 5.32 Å². The molecule has 0 aliphatic carbocycles. The van der Waals surface area contributed by atoms with E-state index in [0.717, 1.165) is 29.7 Å². The largest absolute Gasteiger partial charge is 0.459 e. The normalized spacial score (nSPS) is 17.9. The summed E-state index contributed by atoms with van der Waals surface area (Å²) in [5.41, 5.74) is 2.18. The monoisotopic (exact) mass is 275 g/mol. The quantitative estimate of drug-likeness (QED) is 0.910. The minimum absolute atomic E-state index is 0.121. The Morgan fingerprint density at radius 3 is 2.80 bits per heavy atom. The van der Waals surface area contributed by atoms with Crippen LogP contribution in [0.25, 0.3) is 11.0 Å². The lowest BCUT2D eigenvalue weighted by atomic mass is 10.1. The number of hydrogen-bond acceptors (Lipinski definition) is 4. The van der Waals surface area contributed by atoms with Crippen LogP contribution >= 0.6 is 0 Å². The van der Waals surface area contributed by atoms with Crippen LogP contribution in [0.5, 0.6) is 0 Å². The Bertz CT molecular complexity index is 572. The van der Waals surface area contributed by atoms with Gasteiger partial charge in [0.15, 0.2) is 6.29 Å². The lowest BCUT2D eigenvalue weighted by Crippen LogP contribution is -2.25. The van der Waals surface area contributed by atoms with Gasteiger partial charge >= 0.3 is 0 Å². The SMILES string of the molecule is CCNC(CC1OCCO1)c1cc2cc(C)ccc2o1. The zero-order chi connectivity index (χ0) is 13.9. The summed E-state index contributed by atoms with van der Waals surface area (Å²) in [5.74, 6) is 0.951. The number of rotatable bonds is 5. The van der Waals surface area contributed by atoms with Gasteiger partial charge in [0, 0.05) is 11.8 Å². The van der Waals surface area contributed by atoms with Crippen molar-refractivity contribution in [3.8, 4) is 0 Å². The number of aryl methyl sites for hydroxylation is 1. The first-order chi connectivity index (χ1) is 9.76. The van der Waals surface area contributed by atoms with Crippen LogP contribution in [0.4, 0.5) is 0 Å². The standard InChI is InChI=1S/C16H21NO3/c1-3-17-13(10-16-18-6-7-19-16)15-9-12-8-11(2)4-5-14(12)20-15/h4-5,8-9,13,16-17H,3,6-7,10H2,1-2H3. The van der Waals surface area contributed by atoms with Crippen LogP contribution in [0, 0.1) is 6.92 Å². The highest BCUT2D eigenvalue weighted by Gasteiger charge is 2.24. The fourth-order valence-electron chi connectivity index (χ4n) is 2.64. The molecule has 1 unspecified atom stereocenters. The average Bonchev–Trinajstić information content (AvgIpc) is 3.06. The fraction of sp³-hybridized carbons (Fsp3) is 0.500. The summed E-state index contributed by atoms with van der Waals surface area (Å²) in [4.78, 5) is 0. The van der Waals surface area contributed by atoms with Crippen LogP contribution in [0.1, 0.15) is 30.7 Å². The van der Waals surface area contributed by atoms with E-state index in [1.54, 1.807) is 0 Å². The molecule has 0 bridgehead atoms. The van der Waals surface area contributed by atoms with Crippen LogP contribution in [0.15, 0.2) is 28.7 Å². The molecule has 1 aromatic carbocycles. The molecule has 0 radical (unpaired) electrons. The minimum atomic E-state index is -0.131. The van der Waals surface area contributed by atoms with Gasteiger partial charge < -0.3 is 19.2 Å². The third-order valence-corrected chi connectivity index (χ3v) is 3.60. The van der Waals surface area contributed by atoms with Gasteiger partial charge in [-0.2, -0.15) is 0 Å². The zero-order valence-corrected chi connectivity index (χ0v) is 12.0. The van der Waals surface area contributed by atoms with E-state index in [9.17, 15) is 0 Å². The summed E-state index contributed by atoms with van der Waals surface area (Å²) in [5, 5.41) is 4.60. The van der Waals surface area contributed by atoms with Crippen LogP contribution in [-0.4, -0.2) is 26.0 Å². The molecule has 0 amide bonds. The van der Waals surface area contributed by atoms with E-state index in [1.165, 1.54) is 5.56 Å². The number of fused-ring (bicyclic) bond motifs is 1. The summed E-state index contributed by atoms with van der Waals surface area (Å²) in [6.45, 7) is 6.43. The fourth-order valence-corrected chi connectivity index (χ4v) is 2.64. The molecular weight excluding hydrogens is 254 g/mol. The van der Waals surface area contributed by atoms with Crippen molar-refractivity contribution < 1.29 is 13.9 Å². The minimum Gasteiger partial charge on any atom is -0.459 e. The molecule has 1 saturated heterocycles. The number of benzene rings is 1. The first kappa shape index (κ1) is 13.6. The van der Waals surface area contributed by atoms with Gasteiger partial charge in [-0.25, -0.2) is 0 Å². The maximum absolute atomic E-state index is 5.97. The van der Waals surface area contributed by atoms with E-state index in [2.05, 4.69) is 37.4 Å². The topological polar surface area (TPSA) is 43.6 Å².